The Hall–Kier alpha value is -2.53. The number of hydrogen-bond acceptors (Lipinski definition) is 5. The van der Waals surface area contributed by atoms with Crippen LogP contribution in [-0.2, 0) is 4.74 Å². The lowest BCUT2D eigenvalue weighted by molar-refractivity contribution is 0.0471. The highest BCUT2D eigenvalue weighted by Crippen LogP contribution is 2.29. The van der Waals surface area contributed by atoms with Crippen LogP contribution in [0.15, 0.2) is 42.5 Å². The third-order valence-corrected chi connectivity index (χ3v) is 3.30. The van der Waals surface area contributed by atoms with Gasteiger partial charge in [-0.1, -0.05) is 41.9 Å². The molecule has 0 bridgehead atoms. The molecule has 0 atom stereocenters. The molecule has 0 saturated heterocycles. The molecule has 0 fully saturated rings. The first-order valence-electron chi connectivity index (χ1n) is 6.41. The standard InChI is InChI=1S/C16H14ClNO4/c1-21-15-8-13(18)12(17)7-11(15)16(20)22-9-14(19)10-5-3-2-4-6-10/h2-8H,9,18H2,1H3. The van der Waals surface area contributed by atoms with Crippen molar-refractivity contribution in [3.8, 4) is 5.75 Å². The van der Waals surface area contributed by atoms with Gasteiger partial charge in [0.15, 0.2) is 12.4 Å². The van der Waals surface area contributed by atoms with Crippen molar-refractivity contribution in [3.05, 3.63) is 58.6 Å². The molecule has 0 aliphatic rings. The van der Waals surface area contributed by atoms with Gasteiger partial charge < -0.3 is 15.2 Å². The summed E-state index contributed by atoms with van der Waals surface area (Å²) in [6.45, 7) is -0.367. The van der Waals surface area contributed by atoms with Crippen LogP contribution >= 0.6 is 11.6 Å². The molecular weight excluding hydrogens is 306 g/mol. The topological polar surface area (TPSA) is 78.6 Å². The molecule has 114 valence electrons. The van der Waals surface area contributed by atoms with E-state index >= 15 is 0 Å². The molecular formula is C16H14ClNO4. The highest BCUT2D eigenvalue weighted by Gasteiger charge is 2.18. The van der Waals surface area contributed by atoms with Crippen LogP contribution in [0.4, 0.5) is 5.69 Å². The molecule has 5 nitrogen and oxygen atoms in total. The zero-order valence-corrected chi connectivity index (χ0v) is 12.6. The minimum atomic E-state index is -0.706. The molecule has 22 heavy (non-hydrogen) atoms. The van der Waals surface area contributed by atoms with Gasteiger partial charge in [-0.3, -0.25) is 4.79 Å². The van der Waals surface area contributed by atoms with Crippen LogP contribution in [0, 0.1) is 0 Å². The van der Waals surface area contributed by atoms with E-state index in [9.17, 15) is 9.59 Å². The van der Waals surface area contributed by atoms with E-state index in [1.165, 1.54) is 19.2 Å². The van der Waals surface area contributed by atoms with Crippen LogP contribution in [0.3, 0.4) is 0 Å². The number of hydrogen-bond donors (Lipinski definition) is 1. The molecule has 0 aromatic heterocycles. The van der Waals surface area contributed by atoms with Gasteiger partial charge in [-0.05, 0) is 6.07 Å². The van der Waals surface area contributed by atoms with Crippen molar-refractivity contribution in [2.24, 2.45) is 0 Å². The Morgan fingerprint density at radius 3 is 2.50 bits per heavy atom. The Balaban J connectivity index is 2.10. The molecule has 0 spiro atoms. The van der Waals surface area contributed by atoms with Crippen molar-refractivity contribution in [1.82, 2.24) is 0 Å². The zero-order valence-electron chi connectivity index (χ0n) is 11.8. The molecule has 2 rings (SSSR count). The van der Waals surface area contributed by atoms with Crippen molar-refractivity contribution in [1.29, 1.82) is 0 Å². The van der Waals surface area contributed by atoms with E-state index in [4.69, 9.17) is 26.8 Å². The summed E-state index contributed by atoms with van der Waals surface area (Å²) in [6, 6.07) is 11.3. The number of methoxy groups -OCH3 is 1. The fourth-order valence-electron chi connectivity index (χ4n) is 1.81. The van der Waals surface area contributed by atoms with E-state index in [0.717, 1.165) is 0 Å². The van der Waals surface area contributed by atoms with E-state index in [0.29, 0.717) is 5.56 Å². The lowest BCUT2D eigenvalue weighted by Crippen LogP contribution is -2.15. The average Bonchev–Trinajstić information content (AvgIpc) is 2.55. The summed E-state index contributed by atoms with van der Waals surface area (Å²) in [7, 11) is 1.40. The molecule has 2 aromatic carbocycles. The van der Waals surface area contributed by atoms with Gasteiger partial charge in [-0.2, -0.15) is 0 Å². The van der Waals surface area contributed by atoms with Gasteiger partial charge in [0.1, 0.15) is 11.3 Å². The summed E-state index contributed by atoms with van der Waals surface area (Å²) in [5, 5.41) is 0.210. The van der Waals surface area contributed by atoms with Crippen molar-refractivity contribution in [3.63, 3.8) is 0 Å². The molecule has 6 heteroatoms. The predicted octanol–water partition coefficient (Wildman–Crippen LogP) is 2.97. The second kappa shape index (κ2) is 6.95. The summed E-state index contributed by atoms with van der Waals surface area (Å²) < 4.78 is 10.1. The van der Waals surface area contributed by atoms with E-state index in [1.54, 1.807) is 30.3 Å². The third-order valence-electron chi connectivity index (χ3n) is 2.97. The first-order valence-corrected chi connectivity index (χ1v) is 6.79. The number of halogens is 1. The summed E-state index contributed by atoms with van der Waals surface area (Å²) >= 11 is 5.89. The number of nitrogens with two attached hydrogens (primary N) is 1. The maximum absolute atomic E-state index is 12.1. The van der Waals surface area contributed by atoms with Gasteiger partial charge in [0.25, 0.3) is 0 Å². The number of esters is 1. The number of ketones is 1. The fourth-order valence-corrected chi connectivity index (χ4v) is 1.98. The first kappa shape index (κ1) is 15.9. The van der Waals surface area contributed by atoms with E-state index in [2.05, 4.69) is 0 Å². The Kier molecular flexibility index (Phi) is 5.01. The second-order valence-electron chi connectivity index (χ2n) is 4.44. The number of benzene rings is 2. The van der Waals surface area contributed by atoms with Gasteiger partial charge in [-0.25, -0.2) is 4.79 Å². The minimum Gasteiger partial charge on any atom is -0.496 e. The molecule has 0 heterocycles. The van der Waals surface area contributed by atoms with Crippen LogP contribution < -0.4 is 10.5 Å². The molecule has 0 radical (unpaired) electrons. The lowest BCUT2D eigenvalue weighted by Gasteiger charge is -2.10. The number of nitrogen functional groups attached to an aromatic ring is 1. The number of rotatable bonds is 5. The average molecular weight is 320 g/mol. The smallest absolute Gasteiger partial charge is 0.342 e. The van der Waals surface area contributed by atoms with Crippen molar-refractivity contribution >= 4 is 29.0 Å². The summed E-state index contributed by atoms with van der Waals surface area (Å²) in [5.74, 6) is -0.767. The van der Waals surface area contributed by atoms with Crippen LogP contribution in [0.1, 0.15) is 20.7 Å². The third kappa shape index (κ3) is 3.56. The predicted molar refractivity (Wildman–Crippen MR) is 83.5 cm³/mol. The minimum absolute atomic E-state index is 0.113. The molecule has 0 aliphatic heterocycles. The van der Waals surface area contributed by atoms with Crippen LogP contribution in [-0.4, -0.2) is 25.5 Å². The SMILES string of the molecule is COc1cc(N)c(Cl)cc1C(=O)OCC(=O)c1ccccc1. The zero-order chi connectivity index (χ0) is 16.1. The fraction of sp³-hybridized carbons (Fsp3) is 0.125. The van der Waals surface area contributed by atoms with E-state index in [-0.39, 0.29) is 34.4 Å². The highest BCUT2D eigenvalue weighted by atomic mass is 35.5. The second-order valence-corrected chi connectivity index (χ2v) is 4.85. The molecule has 0 unspecified atom stereocenters. The highest BCUT2D eigenvalue weighted by molar-refractivity contribution is 6.33. The maximum atomic E-state index is 12.1. The molecule has 0 amide bonds. The summed E-state index contributed by atoms with van der Waals surface area (Å²) in [5.41, 5.74) is 6.52. The Morgan fingerprint density at radius 2 is 1.86 bits per heavy atom. The monoisotopic (exact) mass is 319 g/mol. The van der Waals surface area contributed by atoms with Crippen molar-refractivity contribution in [2.75, 3.05) is 19.5 Å². The quantitative estimate of drug-likeness (QED) is 0.520. The van der Waals surface area contributed by atoms with Crippen molar-refractivity contribution < 1.29 is 19.1 Å². The Labute approximate surface area is 132 Å². The number of carbonyl (C=O) groups is 2. The number of anilines is 1. The maximum Gasteiger partial charge on any atom is 0.342 e. The number of Topliss-reactive ketones (excluding diaryl/α,β-unsaturated/α-hetero) is 1. The van der Waals surface area contributed by atoms with Gasteiger partial charge >= 0.3 is 5.97 Å². The summed E-state index contributed by atoms with van der Waals surface area (Å²) in [6.07, 6.45) is 0. The van der Waals surface area contributed by atoms with E-state index < -0.39 is 5.97 Å². The first-order chi connectivity index (χ1) is 10.5. The van der Waals surface area contributed by atoms with E-state index in [1.807, 2.05) is 0 Å². The van der Waals surface area contributed by atoms with Gasteiger partial charge in [0, 0.05) is 11.6 Å². The lowest BCUT2D eigenvalue weighted by atomic mass is 10.1. The molecule has 0 aliphatic carbocycles. The largest absolute Gasteiger partial charge is 0.496 e. The van der Waals surface area contributed by atoms with Crippen molar-refractivity contribution in [2.45, 2.75) is 0 Å². The molecule has 0 saturated carbocycles. The molecule has 2 N–H and O–H groups in total. The summed E-state index contributed by atoms with van der Waals surface area (Å²) in [4.78, 5) is 24.0. The van der Waals surface area contributed by atoms with Gasteiger partial charge in [-0.15, -0.1) is 0 Å². The van der Waals surface area contributed by atoms with Gasteiger partial charge in [0.05, 0.1) is 17.8 Å². The molecule has 2 aromatic rings. The number of carbonyl (C=O) groups excluding carboxylic acids is 2. The normalized spacial score (nSPS) is 10.1. The number of ether oxygens (including phenoxy) is 2. The Morgan fingerprint density at radius 1 is 1.18 bits per heavy atom. The Bertz CT molecular complexity index is 701. The van der Waals surface area contributed by atoms with Crippen LogP contribution in [0.5, 0.6) is 5.75 Å². The van der Waals surface area contributed by atoms with Crippen LogP contribution in [0.2, 0.25) is 5.02 Å². The van der Waals surface area contributed by atoms with Gasteiger partial charge in [0.2, 0.25) is 0 Å². The van der Waals surface area contributed by atoms with Crippen LogP contribution in [0.25, 0.3) is 0 Å².